The van der Waals surface area contributed by atoms with Crippen molar-refractivity contribution in [2.24, 2.45) is 11.7 Å². The average molecular weight is 250 g/mol. The first-order valence-corrected chi connectivity index (χ1v) is 6.84. The van der Waals surface area contributed by atoms with Gasteiger partial charge in [0.15, 0.2) is 0 Å². The Balaban J connectivity index is 2.36. The lowest BCUT2D eigenvalue weighted by Crippen LogP contribution is -2.55. The average Bonchev–Trinajstić information content (AvgIpc) is 2.82. The third-order valence-corrected chi connectivity index (χ3v) is 4.65. The minimum Gasteiger partial charge on any atom is -0.365 e. The number of likely N-dealkylation sites (N-methyl/N-ethyl adjacent to an activating group) is 1. The van der Waals surface area contributed by atoms with Crippen LogP contribution in [-0.4, -0.2) is 19.1 Å². The van der Waals surface area contributed by atoms with Crippen LogP contribution in [0, 0.1) is 11.7 Å². The number of nitrogens with two attached hydrogens (primary N) is 1. The zero-order valence-electron chi connectivity index (χ0n) is 11.3. The minimum atomic E-state index is -0.158. The molecule has 1 aromatic rings. The van der Waals surface area contributed by atoms with Crippen LogP contribution >= 0.6 is 0 Å². The van der Waals surface area contributed by atoms with E-state index in [0.29, 0.717) is 18.2 Å². The van der Waals surface area contributed by atoms with Gasteiger partial charge in [-0.05, 0) is 30.9 Å². The molecule has 0 aromatic heterocycles. The van der Waals surface area contributed by atoms with Gasteiger partial charge in [0, 0.05) is 13.6 Å². The van der Waals surface area contributed by atoms with Gasteiger partial charge in [-0.2, -0.15) is 0 Å². The second kappa shape index (κ2) is 5.27. The van der Waals surface area contributed by atoms with E-state index in [4.69, 9.17) is 5.73 Å². The molecule has 0 radical (unpaired) electrons. The summed E-state index contributed by atoms with van der Waals surface area (Å²) in [6, 6.07) is 6.98. The molecule has 2 atom stereocenters. The number of nitrogens with zero attached hydrogens (tertiary/aromatic N) is 1. The van der Waals surface area contributed by atoms with Crippen LogP contribution in [-0.2, 0) is 0 Å². The Morgan fingerprint density at radius 2 is 2.17 bits per heavy atom. The predicted molar refractivity (Wildman–Crippen MR) is 74.2 cm³/mol. The van der Waals surface area contributed by atoms with Crippen LogP contribution in [0.5, 0.6) is 0 Å². The predicted octanol–water partition coefficient (Wildman–Crippen LogP) is 3.17. The van der Waals surface area contributed by atoms with E-state index in [-0.39, 0.29) is 11.4 Å². The molecule has 1 saturated carbocycles. The molecule has 1 fully saturated rings. The van der Waals surface area contributed by atoms with Crippen molar-refractivity contribution in [1.82, 2.24) is 0 Å². The summed E-state index contributed by atoms with van der Waals surface area (Å²) >= 11 is 0. The van der Waals surface area contributed by atoms with Gasteiger partial charge in [-0.15, -0.1) is 0 Å². The smallest absolute Gasteiger partial charge is 0.146 e. The van der Waals surface area contributed by atoms with Gasteiger partial charge in [0.1, 0.15) is 5.82 Å². The standard InChI is InChI=1S/C15H23FN2/c1-3-12-7-6-10-15(12,11-17)18(2)14-9-5-4-8-13(14)16/h4-5,8-9,12H,3,6-7,10-11,17H2,1-2H3. The molecule has 0 amide bonds. The molecule has 0 spiro atoms. The summed E-state index contributed by atoms with van der Waals surface area (Å²) in [6.07, 6.45) is 4.56. The number of rotatable bonds is 4. The van der Waals surface area contributed by atoms with Crippen LogP contribution < -0.4 is 10.6 Å². The van der Waals surface area contributed by atoms with Crippen molar-refractivity contribution in [3.8, 4) is 0 Å². The number of benzene rings is 1. The van der Waals surface area contributed by atoms with Crippen molar-refractivity contribution < 1.29 is 4.39 Å². The quantitative estimate of drug-likeness (QED) is 0.889. The van der Waals surface area contributed by atoms with E-state index >= 15 is 0 Å². The summed E-state index contributed by atoms with van der Waals surface area (Å²) in [4.78, 5) is 2.09. The van der Waals surface area contributed by atoms with Crippen LogP contribution in [0.3, 0.4) is 0 Å². The second-order valence-electron chi connectivity index (χ2n) is 5.32. The molecule has 0 saturated heterocycles. The molecule has 2 unspecified atom stereocenters. The molecular weight excluding hydrogens is 227 g/mol. The third-order valence-electron chi connectivity index (χ3n) is 4.65. The molecule has 100 valence electrons. The molecule has 1 aliphatic carbocycles. The third kappa shape index (κ3) is 2.01. The fourth-order valence-corrected chi connectivity index (χ4v) is 3.52. The summed E-state index contributed by atoms with van der Waals surface area (Å²) in [5.41, 5.74) is 6.66. The lowest BCUT2D eigenvalue weighted by molar-refractivity contribution is 0.301. The molecule has 2 rings (SSSR count). The van der Waals surface area contributed by atoms with Crippen LogP contribution in [0.1, 0.15) is 32.6 Å². The van der Waals surface area contributed by atoms with E-state index in [9.17, 15) is 4.39 Å². The molecule has 0 heterocycles. The Hall–Kier alpha value is -1.09. The lowest BCUT2D eigenvalue weighted by Gasteiger charge is -2.44. The monoisotopic (exact) mass is 250 g/mol. The van der Waals surface area contributed by atoms with E-state index in [1.54, 1.807) is 6.07 Å². The Morgan fingerprint density at radius 3 is 2.78 bits per heavy atom. The first-order chi connectivity index (χ1) is 8.65. The van der Waals surface area contributed by atoms with Crippen molar-refractivity contribution in [2.75, 3.05) is 18.5 Å². The van der Waals surface area contributed by atoms with E-state index in [0.717, 1.165) is 12.8 Å². The summed E-state index contributed by atoms with van der Waals surface area (Å²) < 4.78 is 13.9. The van der Waals surface area contributed by atoms with Gasteiger partial charge in [-0.25, -0.2) is 4.39 Å². The fraction of sp³-hybridized carbons (Fsp3) is 0.600. The SMILES string of the molecule is CCC1CCCC1(CN)N(C)c1ccccc1F. The molecule has 2 N–H and O–H groups in total. The number of hydrogen-bond acceptors (Lipinski definition) is 2. The fourth-order valence-electron chi connectivity index (χ4n) is 3.52. The molecule has 0 bridgehead atoms. The highest BCUT2D eigenvalue weighted by Crippen LogP contribution is 2.43. The highest BCUT2D eigenvalue weighted by molar-refractivity contribution is 5.50. The normalized spacial score (nSPS) is 27.4. The first-order valence-electron chi connectivity index (χ1n) is 6.84. The van der Waals surface area contributed by atoms with Crippen LogP contribution in [0.25, 0.3) is 0 Å². The van der Waals surface area contributed by atoms with Crippen molar-refractivity contribution in [3.05, 3.63) is 30.1 Å². The Kier molecular flexibility index (Phi) is 3.91. The molecule has 2 nitrogen and oxygen atoms in total. The van der Waals surface area contributed by atoms with Gasteiger partial charge in [0.25, 0.3) is 0 Å². The zero-order chi connectivity index (χ0) is 13.2. The molecular formula is C15H23FN2. The van der Waals surface area contributed by atoms with Crippen molar-refractivity contribution in [2.45, 2.75) is 38.1 Å². The molecule has 1 aliphatic rings. The number of hydrogen-bond donors (Lipinski definition) is 1. The van der Waals surface area contributed by atoms with Crippen LogP contribution in [0.4, 0.5) is 10.1 Å². The maximum Gasteiger partial charge on any atom is 0.146 e. The zero-order valence-corrected chi connectivity index (χ0v) is 11.3. The Bertz CT molecular complexity index is 407. The topological polar surface area (TPSA) is 29.3 Å². The van der Waals surface area contributed by atoms with Crippen molar-refractivity contribution >= 4 is 5.69 Å². The molecule has 3 heteroatoms. The number of para-hydroxylation sites is 1. The Labute approximate surface area is 109 Å². The lowest BCUT2D eigenvalue weighted by atomic mass is 9.83. The summed E-state index contributed by atoms with van der Waals surface area (Å²) in [5.74, 6) is 0.404. The molecule has 0 aliphatic heterocycles. The van der Waals surface area contributed by atoms with E-state index in [1.165, 1.54) is 18.9 Å². The maximum atomic E-state index is 13.9. The maximum absolute atomic E-state index is 13.9. The van der Waals surface area contributed by atoms with Gasteiger partial charge in [-0.3, -0.25) is 0 Å². The Morgan fingerprint density at radius 1 is 1.44 bits per heavy atom. The van der Waals surface area contributed by atoms with E-state index < -0.39 is 0 Å². The first kappa shape index (κ1) is 13.3. The molecule has 1 aromatic carbocycles. The highest BCUT2D eigenvalue weighted by atomic mass is 19.1. The van der Waals surface area contributed by atoms with E-state index in [2.05, 4.69) is 11.8 Å². The molecule has 18 heavy (non-hydrogen) atoms. The van der Waals surface area contributed by atoms with Gasteiger partial charge in [-0.1, -0.05) is 31.9 Å². The highest BCUT2D eigenvalue weighted by Gasteiger charge is 2.44. The van der Waals surface area contributed by atoms with Gasteiger partial charge in [0.2, 0.25) is 0 Å². The summed E-state index contributed by atoms with van der Waals surface area (Å²) in [7, 11) is 1.99. The minimum absolute atomic E-state index is 0.0725. The number of halogens is 1. The van der Waals surface area contributed by atoms with Crippen LogP contribution in [0.15, 0.2) is 24.3 Å². The van der Waals surface area contributed by atoms with Gasteiger partial charge < -0.3 is 10.6 Å². The number of anilines is 1. The summed E-state index contributed by atoms with van der Waals surface area (Å²) in [6.45, 7) is 2.80. The van der Waals surface area contributed by atoms with E-state index in [1.807, 2.05) is 19.2 Å². The largest absolute Gasteiger partial charge is 0.365 e. The second-order valence-corrected chi connectivity index (χ2v) is 5.32. The summed E-state index contributed by atoms with van der Waals surface area (Å²) in [5, 5.41) is 0. The van der Waals surface area contributed by atoms with Crippen molar-refractivity contribution in [3.63, 3.8) is 0 Å². The van der Waals surface area contributed by atoms with Gasteiger partial charge in [0.05, 0.1) is 11.2 Å². The van der Waals surface area contributed by atoms with Crippen LogP contribution in [0.2, 0.25) is 0 Å². The van der Waals surface area contributed by atoms with Gasteiger partial charge >= 0.3 is 0 Å². The van der Waals surface area contributed by atoms with Crippen molar-refractivity contribution in [1.29, 1.82) is 0 Å².